The summed E-state index contributed by atoms with van der Waals surface area (Å²) in [4.78, 5) is 12.6. The molecule has 0 unspecified atom stereocenters. The molecule has 4 rings (SSSR count). The lowest BCUT2D eigenvalue weighted by Gasteiger charge is -2.10. The molecule has 3 heterocycles. The fourth-order valence-corrected chi connectivity index (χ4v) is 3.67. The second-order valence-corrected chi connectivity index (χ2v) is 7.43. The van der Waals surface area contributed by atoms with Gasteiger partial charge >= 0.3 is 6.18 Å². The van der Waals surface area contributed by atoms with Crippen LogP contribution in [0.1, 0.15) is 23.9 Å². The summed E-state index contributed by atoms with van der Waals surface area (Å²) in [5.41, 5.74) is 7.29. The fourth-order valence-electron chi connectivity index (χ4n) is 2.89. The van der Waals surface area contributed by atoms with Crippen LogP contribution in [0.3, 0.4) is 0 Å². The molecule has 4 aromatic rings. The van der Waals surface area contributed by atoms with Crippen molar-refractivity contribution in [3.8, 4) is 0 Å². The number of hydrogen-bond acceptors (Lipinski definition) is 8. The summed E-state index contributed by atoms with van der Waals surface area (Å²) in [6.07, 6.45) is -2.67. The van der Waals surface area contributed by atoms with Gasteiger partial charge in [0.2, 0.25) is 11.9 Å². The van der Waals surface area contributed by atoms with Gasteiger partial charge in [-0.2, -0.15) is 28.1 Å². The van der Waals surface area contributed by atoms with Crippen LogP contribution in [0.25, 0.3) is 5.65 Å². The minimum atomic E-state index is -4.46. The second kappa shape index (κ2) is 8.38. The number of para-hydroxylation sites is 1. The second-order valence-electron chi connectivity index (χ2n) is 6.48. The van der Waals surface area contributed by atoms with Crippen molar-refractivity contribution in [2.24, 2.45) is 0 Å². The highest BCUT2D eigenvalue weighted by Crippen LogP contribution is 2.30. The van der Waals surface area contributed by atoms with Crippen LogP contribution in [0.4, 0.5) is 30.8 Å². The molecule has 0 aliphatic rings. The van der Waals surface area contributed by atoms with Crippen molar-refractivity contribution in [3.63, 3.8) is 0 Å². The Bertz CT molecular complexity index is 1220. The Morgan fingerprint density at radius 3 is 2.65 bits per heavy atom. The van der Waals surface area contributed by atoms with Gasteiger partial charge in [0.15, 0.2) is 10.8 Å². The third-order valence-electron chi connectivity index (χ3n) is 4.37. The average Bonchev–Trinajstić information content (AvgIpc) is 3.14. The number of pyridine rings is 1. The predicted molar refractivity (Wildman–Crippen MR) is 111 cm³/mol. The topological polar surface area (TPSA) is 107 Å². The lowest BCUT2D eigenvalue weighted by Crippen LogP contribution is -2.08. The van der Waals surface area contributed by atoms with E-state index in [0.717, 1.165) is 41.7 Å². The largest absolute Gasteiger partial charge is 0.417 e. The number of anilines is 3. The molecular formula is C19H17F3N8S. The molecule has 0 saturated carbocycles. The zero-order valence-electron chi connectivity index (χ0n) is 16.3. The first-order valence-electron chi connectivity index (χ1n) is 9.23. The Balaban J connectivity index is 1.55. The van der Waals surface area contributed by atoms with Gasteiger partial charge in [-0.1, -0.05) is 36.9 Å². The lowest BCUT2D eigenvalue weighted by atomic mass is 10.1. The van der Waals surface area contributed by atoms with E-state index in [1.165, 1.54) is 10.5 Å². The first-order chi connectivity index (χ1) is 14.8. The number of nitrogen functional groups attached to an aromatic ring is 1. The van der Waals surface area contributed by atoms with Crippen LogP contribution in [-0.2, 0) is 18.3 Å². The Hall–Kier alpha value is -3.41. The van der Waals surface area contributed by atoms with Gasteiger partial charge in [-0.25, -0.2) is 0 Å². The van der Waals surface area contributed by atoms with Crippen LogP contribution in [0.15, 0.2) is 47.8 Å². The molecular weight excluding hydrogens is 429 g/mol. The van der Waals surface area contributed by atoms with E-state index in [2.05, 4.69) is 30.5 Å². The van der Waals surface area contributed by atoms with Gasteiger partial charge in [0, 0.05) is 11.9 Å². The van der Waals surface area contributed by atoms with E-state index in [9.17, 15) is 13.2 Å². The van der Waals surface area contributed by atoms with E-state index in [0.29, 0.717) is 11.5 Å². The summed E-state index contributed by atoms with van der Waals surface area (Å²) in [6.45, 7) is 2.04. The quantitative estimate of drug-likeness (QED) is 0.426. The number of aryl methyl sites for hydroxylation is 1. The molecule has 0 saturated heterocycles. The van der Waals surface area contributed by atoms with Gasteiger partial charge in [0.25, 0.3) is 0 Å². The highest BCUT2D eigenvalue weighted by Gasteiger charge is 2.31. The molecule has 0 aliphatic carbocycles. The van der Waals surface area contributed by atoms with Crippen LogP contribution in [0.2, 0.25) is 0 Å². The van der Waals surface area contributed by atoms with Gasteiger partial charge < -0.3 is 11.1 Å². The summed E-state index contributed by atoms with van der Waals surface area (Å²) in [6, 6.07) is 9.99. The number of nitrogens with zero attached hydrogens (tertiary/aromatic N) is 6. The van der Waals surface area contributed by atoms with Crippen LogP contribution in [0, 0.1) is 0 Å². The number of benzene rings is 1. The minimum Gasteiger partial charge on any atom is -0.368 e. The monoisotopic (exact) mass is 446 g/mol. The fraction of sp³-hybridized carbons (Fsp3) is 0.211. The SMILES string of the molecule is CCc1ccccc1Nc1nc(N)nc(CSc2nnc3ccc(C(F)(F)F)cn23)n1. The van der Waals surface area contributed by atoms with Gasteiger partial charge in [0.1, 0.15) is 5.82 Å². The molecule has 3 aromatic heterocycles. The number of halogens is 3. The molecule has 12 heteroatoms. The number of nitrogens with two attached hydrogens (primary N) is 1. The molecule has 0 amide bonds. The Kier molecular flexibility index (Phi) is 5.63. The van der Waals surface area contributed by atoms with Crippen molar-refractivity contribution in [1.82, 2.24) is 29.5 Å². The minimum absolute atomic E-state index is 0.0348. The predicted octanol–water partition coefficient (Wildman–Crippen LogP) is 4.11. The summed E-state index contributed by atoms with van der Waals surface area (Å²) < 4.78 is 40.3. The standard InChI is InChI=1S/C19H17F3N8S/c1-2-11-5-3-4-6-13(11)24-17-26-14(25-16(23)27-17)10-31-18-29-28-15-8-7-12(9-30(15)18)19(20,21)22/h3-9H,2,10H2,1H3,(H3,23,24,25,26,27). The third-order valence-corrected chi connectivity index (χ3v) is 5.31. The summed E-state index contributed by atoms with van der Waals surface area (Å²) >= 11 is 1.15. The molecule has 0 fully saturated rings. The van der Waals surface area contributed by atoms with Gasteiger partial charge in [-0.15, -0.1) is 10.2 Å². The van der Waals surface area contributed by atoms with Crippen molar-refractivity contribution < 1.29 is 13.2 Å². The molecule has 160 valence electrons. The van der Waals surface area contributed by atoms with E-state index in [4.69, 9.17) is 5.73 Å². The molecule has 0 atom stereocenters. The Labute approximate surface area is 179 Å². The van der Waals surface area contributed by atoms with Crippen LogP contribution in [0.5, 0.6) is 0 Å². The van der Waals surface area contributed by atoms with Crippen LogP contribution < -0.4 is 11.1 Å². The third kappa shape index (κ3) is 4.68. The smallest absolute Gasteiger partial charge is 0.368 e. The average molecular weight is 446 g/mol. The van der Waals surface area contributed by atoms with E-state index in [-0.39, 0.29) is 22.8 Å². The zero-order chi connectivity index (χ0) is 22.0. The molecule has 0 aliphatic heterocycles. The maximum Gasteiger partial charge on any atom is 0.417 e. The molecule has 1 aromatic carbocycles. The molecule has 3 N–H and O–H groups in total. The summed E-state index contributed by atoms with van der Waals surface area (Å²) in [5, 5.41) is 11.3. The van der Waals surface area contributed by atoms with Crippen LogP contribution >= 0.6 is 11.8 Å². The lowest BCUT2D eigenvalue weighted by molar-refractivity contribution is -0.137. The highest BCUT2D eigenvalue weighted by molar-refractivity contribution is 7.98. The number of alkyl halides is 3. The first kappa shape index (κ1) is 20.8. The maximum absolute atomic E-state index is 13.0. The number of rotatable bonds is 6. The molecule has 0 bridgehead atoms. The molecule has 31 heavy (non-hydrogen) atoms. The zero-order valence-corrected chi connectivity index (χ0v) is 17.1. The van der Waals surface area contributed by atoms with Gasteiger partial charge in [0.05, 0.1) is 11.3 Å². The van der Waals surface area contributed by atoms with Crippen LogP contribution in [-0.4, -0.2) is 29.5 Å². The first-order valence-corrected chi connectivity index (χ1v) is 10.2. The molecule has 0 spiro atoms. The van der Waals surface area contributed by atoms with Crippen molar-refractivity contribution in [1.29, 1.82) is 0 Å². The van der Waals surface area contributed by atoms with Gasteiger partial charge in [-0.05, 0) is 30.2 Å². The molecule has 8 nitrogen and oxygen atoms in total. The normalized spacial score (nSPS) is 11.7. The van der Waals surface area contributed by atoms with E-state index in [1.54, 1.807) is 0 Å². The summed E-state index contributed by atoms with van der Waals surface area (Å²) in [5.74, 6) is 0.896. The number of aromatic nitrogens is 6. The Morgan fingerprint density at radius 1 is 1.06 bits per heavy atom. The van der Waals surface area contributed by atoms with Gasteiger partial charge in [-0.3, -0.25) is 4.40 Å². The van der Waals surface area contributed by atoms with E-state index >= 15 is 0 Å². The number of hydrogen-bond donors (Lipinski definition) is 2. The summed E-state index contributed by atoms with van der Waals surface area (Å²) in [7, 11) is 0. The maximum atomic E-state index is 13.0. The van der Waals surface area contributed by atoms with Crippen molar-refractivity contribution in [2.75, 3.05) is 11.1 Å². The number of fused-ring (bicyclic) bond motifs is 1. The van der Waals surface area contributed by atoms with E-state index < -0.39 is 11.7 Å². The van der Waals surface area contributed by atoms with E-state index in [1.807, 2.05) is 31.2 Å². The van der Waals surface area contributed by atoms with Crippen molar-refractivity contribution in [2.45, 2.75) is 30.4 Å². The van der Waals surface area contributed by atoms with Crippen molar-refractivity contribution in [3.05, 3.63) is 59.5 Å². The number of nitrogens with one attached hydrogen (secondary N) is 1. The highest BCUT2D eigenvalue weighted by atomic mass is 32.2. The molecule has 0 radical (unpaired) electrons. The van der Waals surface area contributed by atoms with Crippen molar-refractivity contribution >= 4 is 35.0 Å². The Morgan fingerprint density at radius 2 is 1.87 bits per heavy atom. The number of thioether (sulfide) groups is 1.